The molecule has 28 heavy (non-hydrogen) atoms. The Morgan fingerprint density at radius 1 is 1.32 bits per heavy atom. The van der Waals surface area contributed by atoms with Gasteiger partial charge >= 0.3 is 0 Å². The molecule has 0 bridgehead atoms. The zero-order chi connectivity index (χ0) is 20.6. The molecule has 0 unspecified atom stereocenters. The summed E-state index contributed by atoms with van der Waals surface area (Å²) in [5.74, 6) is -0.670. The zero-order valence-electron chi connectivity index (χ0n) is 16.2. The highest BCUT2D eigenvalue weighted by Gasteiger charge is 2.37. The monoisotopic (exact) mass is 405 g/mol. The smallest absolute Gasteiger partial charge is 0.227 e. The van der Waals surface area contributed by atoms with Crippen molar-refractivity contribution in [2.45, 2.75) is 51.3 Å². The summed E-state index contributed by atoms with van der Waals surface area (Å²) in [5.41, 5.74) is 2.12. The van der Waals surface area contributed by atoms with Crippen molar-refractivity contribution >= 4 is 17.5 Å². The highest BCUT2D eigenvalue weighted by molar-refractivity contribution is 6.31. The number of aliphatic hydroxyl groups excluding tert-OH is 1. The maximum absolute atomic E-state index is 13.6. The van der Waals surface area contributed by atoms with E-state index in [1.807, 2.05) is 25.1 Å². The molecule has 2 N–H and O–H groups in total. The van der Waals surface area contributed by atoms with Gasteiger partial charge in [0.2, 0.25) is 5.91 Å². The van der Waals surface area contributed by atoms with E-state index in [9.17, 15) is 19.4 Å². The second-order valence-electron chi connectivity index (χ2n) is 7.86. The maximum atomic E-state index is 13.6. The molecule has 1 amide bonds. The molecule has 0 fully saturated rings. The molecule has 3 rings (SSSR count). The third-order valence-electron chi connectivity index (χ3n) is 5.42. The van der Waals surface area contributed by atoms with Crippen molar-refractivity contribution in [3.8, 4) is 0 Å². The van der Waals surface area contributed by atoms with Gasteiger partial charge in [-0.05, 0) is 67.6 Å². The Labute approximate surface area is 169 Å². The number of nitrogens with zero attached hydrogens (tertiary/aromatic N) is 1. The van der Waals surface area contributed by atoms with E-state index < -0.39 is 17.5 Å². The lowest BCUT2D eigenvalue weighted by Crippen LogP contribution is -2.49. The molecule has 1 aliphatic heterocycles. The Morgan fingerprint density at radius 2 is 2.04 bits per heavy atom. The molecular weight excluding hydrogens is 381 g/mol. The topological polar surface area (TPSA) is 60.8 Å². The number of carbonyl (C=O) groups excluding carboxylic acids is 1. The van der Waals surface area contributed by atoms with Gasteiger partial charge in [-0.2, -0.15) is 0 Å². The second-order valence-corrected chi connectivity index (χ2v) is 8.27. The van der Waals surface area contributed by atoms with Gasteiger partial charge in [-0.1, -0.05) is 29.8 Å². The molecule has 1 heterocycles. The Balaban J connectivity index is 1.96. The summed E-state index contributed by atoms with van der Waals surface area (Å²) >= 11 is 6.12. The highest BCUT2D eigenvalue weighted by Crippen LogP contribution is 2.38. The first kappa shape index (κ1) is 20.8. The SMILES string of the molecule is C[C@H]1c2cccc(C(C)(C)O)c2C[C@H](CO)N1C(=O)Cc1cc(F)ccc1Cl. The van der Waals surface area contributed by atoms with Gasteiger partial charge in [0.25, 0.3) is 0 Å². The van der Waals surface area contributed by atoms with Crippen LogP contribution >= 0.6 is 11.6 Å². The van der Waals surface area contributed by atoms with E-state index in [-0.39, 0.29) is 25.0 Å². The highest BCUT2D eigenvalue weighted by atomic mass is 35.5. The lowest BCUT2D eigenvalue weighted by molar-refractivity contribution is -0.137. The van der Waals surface area contributed by atoms with Crippen molar-refractivity contribution in [1.29, 1.82) is 0 Å². The summed E-state index contributed by atoms with van der Waals surface area (Å²) in [6.45, 7) is 5.15. The number of hydrogen-bond acceptors (Lipinski definition) is 3. The molecule has 2 aromatic rings. The first-order valence-electron chi connectivity index (χ1n) is 9.34. The number of rotatable bonds is 4. The molecular formula is C22H25ClFNO3. The fraction of sp³-hybridized carbons (Fsp3) is 0.409. The van der Waals surface area contributed by atoms with Gasteiger partial charge in [-0.3, -0.25) is 4.79 Å². The summed E-state index contributed by atoms with van der Waals surface area (Å²) < 4.78 is 13.6. The van der Waals surface area contributed by atoms with E-state index in [0.29, 0.717) is 17.0 Å². The van der Waals surface area contributed by atoms with Gasteiger partial charge in [0.15, 0.2) is 0 Å². The van der Waals surface area contributed by atoms with Crippen LogP contribution < -0.4 is 0 Å². The van der Waals surface area contributed by atoms with E-state index in [1.54, 1.807) is 18.7 Å². The number of aliphatic hydroxyl groups is 2. The molecule has 0 aromatic heterocycles. The van der Waals surface area contributed by atoms with Crippen molar-refractivity contribution in [2.75, 3.05) is 6.61 Å². The fourth-order valence-corrected chi connectivity index (χ4v) is 4.29. The lowest BCUT2D eigenvalue weighted by atomic mass is 9.81. The quantitative estimate of drug-likeness (QED) is 0.814. The Kier molecular flexibility index (Phi) is 5.80. The van der Waals surface area contributed by atoms with E-state index >= 15 is 0 Å². The van der Waals surface area contributed by atoms with Crippen LogP contribution in [-0.4, -0.2) is 33.7 Å². The molecule has 6 heteroatoms. The van der Waals surface area contributed by atoms with Crippen LogP contribution in [0.1, 0.15) is 49.1 Å². The van der Waals surface area contributed by atoms with Crippen LogP contribution in [0.5, 0.6) is 0 Å². The van der Waals surface area contributed by atoms with E-state index in [2.05, 4.69) is 0 Å². The lowest BCUT2D eigenvalue weighted by Gasteiger charge is -2.43. The third kappa shape index (κ3) is 3.93. The van der Waals surface area contributed by atoms with Crippen LogP contribution in [0.4, 0.5) is 4.39 Å². The molecule has 0 saturated heterocycles. The standard InChI is InChI=1S/C22H25ClFNO3/c1-13-17-5-4-6-19(22(2,3)28)18(17)11-16(12-26)25(13)21(27)10-14-9-15(24)7-8-20(14)23/h4-9,13,16,26,28H,10-12H2,1-3H3/t13-,16+/m0/s1. The molecule has 0 radical (unpaired) electrons. The number of hydrogen-bond donors (Lipinski definition) is 2. The van der Waals surface area contributed by atoms with Crippen LogP contribution in [0.15, 0.2) is 36.4 Å². The minimum atomic E-state index is -1.02. The summed E-state index contributed by atoms with van der Waals surface area (Å²) in [7, 11) is 0. The minimum Gasteiger partial charge on any atom is -0.394 e. The normalized spacial score (nSPS) is 19.5. The average molecular weight is 406 g/mol. The van der Waals surface area contributed by atoms with Gasteiger partial charge in [0.1, 0.15) is 5.82 Å². The molecule has 150 valence electrons. The van der Waals surface area contributed by atoms with Crippen LogP contribution in [-0.2, 0) is 23.2 Å². The maximum Gasteiger partial charge on any atom is 0.227 e. The van der Waals surface area contributed by atoms with Gasteiger partial charge in [-0.25, -0.2) is 4.39 Å². The molecule has 2 atom stereocenters. The van der Waals surface area contributed by atoms with Crippen LogP contribution in [0.2, 0.25) is 5.02 Å². The third-order valence-corrected chi connectivity index (χ3v) is 5.79. The number of halogens is 2. The van der Waals surface area contributed by atoms with E-state index in [1.165, 1.54) is 18.2 Å². The Morgan fingerprint density at radius 3 is 2.68 bits per heavy atom. The second kappa shape index (κ2) is 7.82. The molecule has 0 aliphatic carbocycles. The predicted octanol–water partition coefficient (Wildman–Crippen LogP) is 3.76. The van der Waals surface area contributed by atoms with Crippen molar-refractivity contribution in [1.82, 2.24) is 4.90 Å². The van der Waals surface area contributed by atoms with Gasteiger partial charge in [0, 0.05) is 5.02 Å². The van der Waals surface area contributed by atoms with Crippen molar-refractivity contribution < 1.29 is 19.4 Å². The largest absolute Gasteiger partial charge is 0.394 e. The first-order chi connectivity index (χ1) is 13.1. The summed E-state index contributed by atoms with van der Waals surface area (Å²) in [6.07, 6.45) is 0.400. The van der Waals surface area contributed by atoms with Crippen LogP contribution in [0.3, 0.4) is 0 Å². The van der Waals surface area contributed by atoms with Gasteiger partial charge in [-0.15, -0.1) is 0 Å². The van der Waals surface area contributed by atoms with E-state index in [4.69, 9.17) is 11.6 Å². The number of fused-ring (bicyclic) bond motifs is 1. The molecule has 0 spiro atoms. The Hall–Kier alpha value is -1.95. The van der Waals surface area contributed by atoms with Gasteiger partial charge in [0.05, 0.1) is 30.7 Å². The van der Waals surface area contributed by atoms with Gasteiger partial charge < -0.3 is 15.1 Å². The van der Waals surface area contributed by atoms with Crippen LogP contribution in [0.25, 0.3) is 0 Å². The number of benzene rings is 2. The van der Waals surface area contributed by atoms with Crippen molar-refractivity contribution in [3.63, 3.8) is 0 Å². The molecule has 0 saturated carbocycles. The number of carbonyl (C=O) groups is 1. The molecule has 2 aromatic carbocycles. The summed E-state index contributed by atoms with van der Waals surface area (Å²) in [6, 6.07) is 8.94. The predicted molar refractivity (Wildman–Crippen MR) is 107 cm³/mol. The average Bonchev–Trinajstić information content (AvgIpc) is 2.63. The molecule has 4 nitrogen and oxygen atoms in total. The van der Waals surface area contributed by atoms with Crippen molar-refractivity contribution in [3.05, 3.63) is 69.5 Å². The first-order valence-corrected chi connectivity index (χ1v) is 9.72. The summed E-state index contributed by atoms with van der Waals surface area (Å²) in [5, 5.41) is 20.8. The fourth-order valence-electron chi connectivity index (χ4n) is 4.10. The van der Waals surface area contributed by atoms with E-state index in [0.717, 1.165) is 16.7 Å². The zero-order valence-corrected chi connectivity index (χ0v) is 17.0. The minimum absolute atomic E-state index is 0.0437. The molecule has 1 aliphatic rings. The van der Waals surface area contributed by atoms with Crippen LogP contribution in [0, 0.1) is 5.82 Å². The Bertz CT molecular complexity index is 894. The van der Waals surface area contributed by atoms with Crippen molar-refractivity contribution in [2.24, 2.45) is 0 Å². The number of amides is 1. The summed E-state index contributed by atoms with van der Waals surface area (Å²) in [4.78, 5) is 14.7.